The predicted molar refractivity (Wildman–Crippen MR) is 187 cm³/mol. The molecule has 4 nitrogen and oxygen atoms in total. The van der Waals surface area contributed by atoms with E-state index in [1.54, 1.807) is 0 Å². The molecule has 0 fully saturated rings. The Balaban J connectivity index is 1.31. The predicted octanol–water partition coefficient (Wildman–Crippen LogP) is 11.2. The molecule has 0 saturated carbocycles. The van der Waals surface area contributed by atoms with Gasteiger partial charge in [-0.15, -0.1) is 11.3 Å². The van der Waals surface area contributed by atoms with Crippen molar-refractivity contribution in [2.75, 3.05) is 0 Å². The highest BCUT2D eigenvalue weighted by Crippen LogP contribution is 2.42. The molecule has 0 aliphatic heterocycles. The molecule has 10 rings (SSSR count). The fourth-order valence-corrected chi connectivity index (χ4v) is 7.93. The summed E-state index contributed by atoms with van der Waals surface area (Å²) in [4.78, 5) is 10.4. The van der Waals surface area contributed by atoms with Crippen LogP contribution in [0.4, 0.5) is 0 Å². The molecule has 0 radical (unpaired) electrons. The van der Waals surface area contributed by atoms with Crippen LogP contribution < -0.4 is 0 Å². The highest BCUT2D eigenvalue weighted by Gasteiger charge is 2.22. The summed E-state index contributed by atoms with van der Waals surface area (Å²) in [7, 11) is 0. The SMILES string of the molecule is c1ccc(-c2nc(-c3ccccc3-n3c4ccccc4c4cc5sc6ccccc6c5cc43)nc3c2oc2ccccc23)cc1. The Morgan fingerprint density at radius 2 is 1.27 bits per heavy atom. The second-order valence-electron chi connectivity index (χ2n) is 11.4. The van der Waals surface area contributed by atoms with E-state index in [0.29, 0.717) is 11.4 Å². The molecule has 0 amide bonds. The first-order chi connectivity index (χ1) is 22.3. The number of furan rings is 1. The van der Waals surface area contributed by atoms with E-state index in [0.717, 1.165) is 50.0 Å². The van der Waals surface area contributed by atoms with E-state index < -0.39 is 0 Å². The van der Waals surface area contributed by atoms with E-state index >= 15 is 0 Å². The Morgan fingerprint density at radius 1 is 0.533 bits per heavy atom. The summed E-state index contributed by atoms with van der Waals surface area (Å²) in [6.07, 6.45) is 0. The highest BCUT2D eigenvalue weighted by atomic mass is 32.1. The molecule has 0 spiro atoms. The molecule has 210 valence electrons. The highest BCUT2D eigenvalue weighted by molar-refractivity contribution is 7.25. The number of rotatable bonds is 3. The van der Waals surface area contributed by atoms with Gasteiger partial charge in [0, 0.05) is 47.5 Å². The number of hydrogen-bond acceptors (Lipinski definition) is 4. The van der Waals surface area contributed by atoms with Gasteiger partial charge in [0.2, 0.25) is 0 Å². The molecule has 6 aromatic carbocycles. The number of aromatic nitrogens is 3. The summed E-state index contributed by atoms with van der Waals surface area (Å²) >= 11 is 1.85. The lowest BCUT2D eigenvalue weighted by Crippen LogP contribution is -2.00. The fourth-order valence-electron chi connectivity index (χ4n) is 6.81. The summed E-state index contributed by atoms with van der Waals surface area (Å²) in [6.45, 7) is 0. The number of fused-ring (bicyclic) bond motifs is 9. The Bertz CT molecular complexity index is 2770. The van der Waals surface area contributed by atoms with Crippen molar-refractivity contribution >= 4 is 75.4 Å². The minimum absolute atomic E-state index is 0.663. The van der Waals surface area contributed by atoms with Crippen molar-refractivity contribution in [3.8, 4) is 28.3 Å². The molecule has 0 bridgehead atoms. The summed E-state index contributed by atoms with van der Waals surface area (Å²) in [5.74, 6) is 0.663. The van der Waals surface area contributed by atoms with Gasteiger partial charge in [-0.3, -0.25) is 0 Å². The summed E-state index contributed by atoms with van der Waals surface area (Å²) in [6, 6.07) is 48.9. The maximum atomic E-state index is 6.39. The molecule has 0 aliphatic carbocycles. The van der Waals surface area contributed by atoms with Gasteiger partial charge in [0.05, 0.1) is 16.7 Å². The number of para-hydroxylation sites is 3. The number of benzene rings is 6. The van der Waals surface area contributed by atoms with Crippen molar-refractivity contribution in [1.82, 2.24) is 14.5 Å². The molecule has 4 heterocycles. The lowest BCUT2D eigenvalue weighted by Gasteiger charge is -2.14. The van der Waals surface area contributed by atoms with Crippen LogP contribution in [0.3, 0.4) is 0 Å². The molecule has 0 unspecified atom stereocenters. The Morgan fingerprint density at radius 3 is 2.18 bits per heavy atom. The monoisotopic (exact) mass is 593 g/mol. The van der Waals surface area contributed by atoms with Crippen LogP contribution in [0.5, 0.6) is 0 Å². The first-order valence-corrected chi connectivity index (χ1v) is 15.8. The van der Waals surface area contributed by atoms with Crippen molar-refractivity contribution < 1.29 is 4.42 Å². The van der Waals surface area contributed by atoms with Gasteiger partial charge in [0.25, 0.3) is 0 Å². The molecular formula is C40H23N3OS. The first kappa shape index (κ1) is 24.6. The summed E-state index contributed by atoms with van der Waals surface area (Å²) in [5.41, 5.74) is 8.41. The lowest BCUT2D eigenvalue weighted by molar-refractivity contribution is 0.667. The number of thiophene rings is 1. The van der Waals surface area contributed by atoms with Crippen molar-refractivity contribution in [1.29, 1.82) is 0 Å². The van der Waals surface area contributed by atoms with Gasteiger partial charge in [-0.1, -0.05) is 91.0 Å². The van der Waals surface area contributed by atoms with E-state index in [-0.39, 0.29) is 0 Å². The fraction of sp³-hybridized carbons (Fsp3) is 0. The Kier molecular flexibility index (Phi) is 5.12. The molecule has 45 heavy (non-hydrogen) atoms. The minimum atomic E-state index is 0.663. The third-order valence-corrected chi connectivity index (χ3v) is 9.96. The second kappa shape index (κ2) is 9.36. The van der Waals surface area contributed by atoms with Crippen molar-refractivity contribution in [2.24, 2.45) is 0 Å². The van der Waals surface area contributed by atoms with Gasteiger partial charge in [0.1, 0.15) is 16.8 Å². The molecule has 0 atom stereocenters. The molecule has 0 aliphatic rings. The summed E-state index contributed by atoms with van der Waals surface area (Å²) in [5, 5.41) is 6.01. The summed E-state index contributed by atoms with van der Waals surface area (Å²) < 4.78 is 11.4. The van der Waals surface area contributed by atoms with Crippen LogP contribution in [0.15, 0.2) is 144 Å². The van der Waals surface area contributed by atoms with Crippen molar-refractivity contribution in [3.05, 3.63) is 140 Å². The zero-order chi connectivity index (χ0) is 29.5. The maximum absolute atomic E-state index is 6.39. The van der Waals surface area contributed by atoms with Crippen molar-refractivity contribution in [2.45, 2.75) is 0 Å². The molecule has 5 heteroatoms. The zero-order valence-electron chi connectivity index (χ0n) is 23.9. The van der Waals surface area contributed by atoms with E-state index in [9.17, 15) is 0 Å². The molecule has 0 saturated heterocycles. The average molecular weight is 594 g/mol. The Hall–Kier alpha value is -5.78. The first-order valence-electron chi connectivity index (χ1n) is 15.0. The van der Waals surface area contributed by atoms with Gasteiger partial charge in [0.15, 0.2) is 11.4 Å². The van der Waals surface area contributed by atoms with Gasteiger partial charge in [-0.25, -0.2) is 9.97 Å². The number of hydrogen-bond donors (Lipinski definition) is 0. The van der Waals surface area contributed by atoms with Crippen LogP contribution >= 0.6 is 11.3 Å². The van der Waals surface area contributed by atoms with E-state index in [4.69, 9.17) is 14.4 Å². The van der Waals surface area contributed by atoms with Crippen LogP contribution in [0, 0.1) is 0 Å². The van der Waals surface area contributed by atoms with Crippen LogP contribution in [-0.2, 0) is 0 Å². The minimum Gasteiger partial charge on any atom is -0.452 e. The molecule has 4 aromatic heterocycles. The van der Waals surface area contributed by atoms with Gasteiger partial charge in [-0.05, 0) is 48.5 Å². The van der Waals surface area contributed by atoms with Gasteiger partial charge >= 0.3 is 0 Å². The topological polar surface area (TPSA) is 43.9 Å². The van der Waals surface area contributed by atoms with E-state index in [1.807, 2.05) is 47.7 Å². The maximum Gasteiger partial charge on any atom is 0.180 e. The van der Waals surface area contributed by atoms with Crippen molar-refractivity contribution in [3.63, 3.8) is 0 Å². The molecule has 0 N–H and O–H groups in total. The van der Waals surface area contributed by atoms with Crippen LogP contribution in [0.25, 0.3) is 92.4 Å². The molecular weight excluding hydrogens is 571 g/mol. The number of nitrogens with zero attached hydrogens (tertiary/aromatic N) is 3. The van der Waals surface area contributed by atoms with Gasteiger partial charge < -0.3 is 8.98 Å². The molecule has 10 aromatic rings. The smallest absolute Gasteiger partial charge is 0.180 e. The average Bonchev–Trinajstić information content (AvgIpc) is 3.76. The largest absolute Gasteiger partial charge is 0.452 e. The third kappa shape index (κ3) is 3.59. The van der Waals surface area contributed by atoms with Gasteiger partial charge in [-0.2, -0.15) is 0 Å². The third-order valence-electron chi connectivity index (χ3n) is 8.82. The second-order valence-corrected chi connectivity index (χ2v) is 12.5. The quantitative estimate of drug-likeness (QED) is 0.205. The van der Waals surface area contributed by atoms with Crippen LogP contribution in [-0.4, -0.2) is 14.5 Å². The van der Waals surface area contributed by atoms with Crippen LogP contribution in [0.2, 0.25) is 0 Å². The zero-order valence-corrected chi connectivity index (χ0v) is 24.8. The van der Waals surface area contributed by atoms with E-state index in [2.05, 4.69) is 108 Å². The standard InChI is InChI=1S/C40H23N3OS/c1-2-12-24(13-3-1)37-39-38(28-17-6-10-20-34(28)44-39)42-40(41-37)27-16-5-9-19-32(27)43-31-18-8-4-14-25(31)29-23-36-30(22-33(29)43)26-15-7-11-21-35(26)45-36/h1-23H. The lowest BCUT2D eigenvalue weighted by atomic mass is 10.1. The van der Waals surface area contributed by atoms with E-state index in [1.165, 1.54) is 30.9 Å². The Labute approximate surface area is 261 Å². The van der Waals surface area contributed by atoms with Crippen LogP contribution in [0.1, 0.15) is 0 Å². The normalized spacial score (nSPS) is 12.0.